The number of methoxy groups -OCH3 is 1. The van der Waals surface area contributed by atoms with Crippen LogP contribution in [0.4, 0.5) is 8.78 Å². The maximum absolute atomic E-state index is 14.5. The van der Waals surface area contributed by atoms with Crippen LogP contribution in [0.2, 0.25) is 0 Å². The van der Waals surface area contributed by atoms with Gasteiger partial charge in [0.25, 0.3) is 0 Å². The standard InChI is InChI=1S/C19H27F2NO2/c1-18(2)10-12-9-15(20)17(21)14(11-24-4)16(12)19(18,23)13-5-7-22(3)8-6-13/h9,13,23H,5-8,10-11H2,1-4H3. The third-order valence-electron chi connectivity index (χ3n) is 6.04. The van der Waals surface area contributed by atoms with E-state index in [9.17, 15) is 13.9 Å². The summed E-state index contributed by atoms with van der Waals surface area (Å²) in [6, 6.07) is 1.26. The van der Waals surface area contributed by atoms with Gasteiger partial charge < -0.3 is 14.7 Å². The predicted molar refractivity (Wildman–Crippen MR) is 88.7 cm³/mol. The average Bonchev–Trinajstić information content (AvgIpc) is 2.71. The summed E-state index contributed by atoms with van der Waals surface area (Å²) in [4.78, 5) is 2.24. The lowest BCUT2D eigenvalue weighted by Crippen LogP contribution is -2.49. The Morgan fingerprint density at radius 2 is 1.92 bits per heavy atom. The van der Waals surface area contributed by atoms with Crippen LogP contribution < -0.4 is 0 Å². The van der Waals surface area contributed by atoms with Crippen LogP contribution in [-0.2, 0) is 23.4 Å². The maximum atomic E-state index is 14.5. The molecule has 0 bridgehead atoms. The van der Waals surface area contributed by atoms with Crippen molar-refractivity contribution in [3.8, 4) is 0 Å². The van der Waals surface area contributed by atoms with Gasteiger partial charge in [-0.15, -0.1) is 0 Å². The highest BCUT2D eigenvalue weighted by Crippen LogP contribution is 2.57. The third-order valence-corrected chi connectivity index (χ3v) is 6.04. The van der Waals surface area contributed by atoms with Crippen LogP contribution in [0, 0.1) is 23.0 Å². The Kier molecular flexibility index (Phi) is 4.47. The summed E-state index contributed by atoms with van der Waals surface area (Å²) in [5.74, 6) is -1.71. The molecule has 0 radical (unpaired) electrons. The van der Waals surface area contributed by atoms with E-state index in [1.807, 2.05) is 13.8 Å². The smallest absolute Gasteiger partial charge is 0.164 e. The Balaban J connectivity index is 2.16. The monoisotopic (exact) mass is 339 g/mol. The number of benzene rings is 1. The van der Waals surface area contributed by atoms with Crippen LogP contribution in [0.25, 0.3) is 0 Å². The summed E-state index contributed by atoms with van der Waals surface area (Å²) >= 11 is 0. The Morgan fingerprint density at radius 3 is 2.50 bits per heavy atom. The minimum atomic E-state index is -1.16. The van der Waals surface area contributed by atoms with Crippen LogP contribution in [0.3, 0.4) is 0 Å². The SMILES string of the molecule is COCc1c(F)c(F)cc2c1C(O)(C1CCN(C)CC1)C(C)(C)C2. The lowest BCUT2D eigenvalue weighted by molar-refractivity contribution is -0.122. The molecule has 1 heterocycles. The third kappa shape index (κ3) is 2.49. The quantitative estimate of drug-likeness (QED) is 0.918. The highest BCUT2D eigenvalue weighted by Gasteiger charge is 2.57. The average molecular weight is 339 g/mol. The second kappa shape index (κ2) is 6.04. The zero-order chi connectivity index (χ0) is 17.7. The molecule has 1 aromatic carbocycles. The van der Waals surface area contributed by atoms with Gasteiger partial charge in [0.2, 0.25) is 0 Å². The molecule has 1 aliphatic heterocycles. The molecule has 3 nitrogen and oxygen atoms in total. The van der Waals surface area contributed by atoms with Crippen molar-refractivity contribution in [3.63, 3.8) is 0 Å². The van der Waals surface area contributed by atoms with Gasteiger partial charge in [-0.1, -0.05) is 13.8 Å². The van der Waals surface area contributed by atoms with Crippen LogP contribution in [0.5, 0.6) is 0 Å². The Bertz CT molecular complexity index is 639. The first-order chi connectivity index (χ1) is 11.2. The zero-order valence-electron chi connectivity index (χ0n) is 15.0. The fraction of sp³-hybridized carbons (Fsp3) is 0.684. The first-order valence-corrected chi connectivity index (χ1v) is 8.62. The predicted octanol–water partition coefficient (Wildman–Crippen LogP) is 3.22. The van der Waals surface area contributed by atoms with E-state index in [1.165, 1.54) is 13.2 Å². The second-order valence-electron chi connectivity index (χ2n) is 8.02. The molecule has 1 saturated heterocycles. The normalized spacial score (nSPS) is 27.5. The number of hydrogen-bond acceptors (Lipinski definition) is 3. The molecule has 0 spiro atoms. The van der Waals surface area contributed by atoms with Gasteiger partial charge in [-0.2, -0.15) is 0 Å². The van der Waals surface area contributed by atoms with E-state index in [0.29, 0.717) is 17.5 Å². The fourth-order valence-electron chi connectivity index (χ4n) is 4.76. The molecule has 3 rings (SSSR count). The van der Waals surface area contributed by atoms with Crippen molar-refractivity contribution in [3.05, 3.63) is 34.4 Å². The summed E-state index contributed by atoms with van der Waals surface area (Å²) in [5, 5.41) is 11.8. The molecule has 0 aromatic heterocycles. The van der Waals surface area contributed by atoms with Gasteiger partial charge in [0, 0.05) is 18.1 Å². The number of aliphatic hydroxyl groups is 1. The molecule has 1 aliphatic carbocycles. The van der Waals surface area contributed by atoms with Crippen LogP contribution in [0.15, 0.2) is 6.07 Å². The maximum Gasteiger partial charge on any atom is 0.164 e. The number of nitrogens with zero attached hydrogens (tertiary/aromatic N) is 1. The second-order valence-corrected chi connectivity index (χ2v) is 8.02. The van der Waals surface area contributed by atoms with Crippen molar-refractivity contribution < 1.29 is 18.6 Å². The van der Waals surface area contributed by atoms with E-state index in [4.69, 9.17) is 4.74 Å². The topological polar surface area (TPSA) is 32.7 Å². The molecule has 1 aromatic rings. The molecule has 1 atom stereocenters. The van der Waals surface area contributed by atoms with Crippen molar-refractivity contribution in [1.82, 2.24) is 4.90 Å². The first-order valence-electron chi connectivity index (χ1n) is 8.62. The van der Waals surface area contributed by atoms with Gasteiger partial charge in [-0.3, -0.25) is 0 Å². The number of fused-ring (bicyclic) bond motifs is 1. The van der Waals surface area contributed by atoms with E-state index in [0.717, 1.165) is 25.9 Å². The van der Waals surface area contributed by atoms with Gasteiger partial charge in [0.05, 0.1) is 12.2 Å². The number of rotatable bonds is 3. The number of halogens is 2. The molecule has 1 fully saturated rings. The summed E-state index contributed by atoms with van der Waals surface area (Å²) in [6.07, 6.45) is 2.24. The van der Waals surface area contributed by atoms with Gasteiger partial charge >= 0.3 is 0 Å². The minimum absolute atomic E-state index is 0.0308. The number of likely N-dealkylation sites (tertiary alicyclic amines) is 1. The van der Waals surface area contributed by atoms with Gasteiger partial charge in [-0.25, -0.2) is 8.78 Å². The van der Waals surface area contributed by atoms with E-state index < -0.39 is 22.7 Å². The molecule has 2 aliphatic rings. The lowest BCUT2D eigenvalue weighted by Gasteiger charge is -2.47. The molecule has 134 valence electrons. The molecule has 0 amide bonds. The van der Waals surface area contributed by atoms with Crippen LogP contribution in [0.1, 0.15) is 43.4 Å². The number of ether oxygens (including phenoxy) is 1. The molecule has 1 N–H and O–H groups in total. The largest absolute Gasteiger partial charge is 0.384 e. The number of piperidine rings is 1. The Hall–Kier alpha value is -1.04. The van der Waals surface area contributed by atoms with Crippen molar-refractivity contribution >= 4 is 0 Å². The summed E-state index contributed by atoms with van der Waals surface area (Å²) in [5.41, 5.74) is -0.167. The van der Waals surface area contributed by atoms with Gasteiger partial charge in [0.1, 0.15) is 0 Å². The Morgan fingerprint density at radius 1 is 1.29 bits per heavy atom. The highest BCUT2D eigenvalue weighted by molar-refractivity contribution is 5.48. The van der Waals surface area contributed by atoms with E-state index in [2.05, 4.69) is 11.9 Å². The van der Waals surface area contributed by atoms with E-state index in [-0.39, 0.29) is 18.1 Å². The van der Waals surface area contributed by atoms with Crippen LogP contribution >= 0.6 is 0 Å². The lowest BCUT2D eigenvalue weighted by atomic mass is 9.64. The first kappa shape index (κ1) is 17.8. The van der Waals surface area contributed by atoms with Crippen molar-refractivity contribution in [1.29, 1.82) is 0 Å². The Labute approximate surface area is 142 Å². The van der Waals surface area contributed by atoms with Crippen molar-refractivity contribution in [2.24, 2.45) is 11.3 Å². The minimum Gasteiger partial charge on any atom is -0.384 e. The molecule has 0 saturated carbocycles. The molecule has 5 heteroatoms. The summed E-state index contributed by atoms with van der Waals surface area (Å²) in [7, 11) is 3.53. The number of hydrogen-bond donors (Lipinski definition) is 1. The zero-order valence-corrected chi connectivity index (χ0v) is 15.0. The van der Waals surface area contributed by atoms with Crippen molar-refractivity contribution in [2.45, 2.75) is 45.3 Å². The molecule has 24 heavy (non-hydrogen) atoms. The molecule has 1 unspecified atom stereocenters. The van der Waals surface area contributed by atoms with E-state index in [1.54, 1.807) is 0 Å². The van der Waals surface area contributed by atoms with Gasteiger partial charge in [-0.05, 0) is 62.5 Å². The van der Waals surface area contributed by atoms with Crippen molar-refractivity contribution in [2.75, 3.05) is 27.2 Å². The fourth-order valence-corrected chi connectivity index (χ4v) is 4.76. The highest BCUT2D eigenvalue weighted by atomic mass is 19.2. The summed E-state index contributed by atoms with van der Waals surface area (Å²) in [6.45, 7) is 5.77. The molecular weight excluding hydrogens is 312 g/mol. The van der Waals surface area contributed by atoms with E-state index >= 15 is 0 Å². The summed E-state index contributed by atoms with van der Waals surface area (Å²) < 4.78 is 33.7. The molecular formula is C19H27F2NO2. The van der Waals surface area contributed by atoms with Crippen LogP contribution in [-0.4, -0.2) is 37.3 Å². The van der Waals surface area contributed by atoms with Gasteiger partial charge in [0.15, 0.2) is 11.6 Å².